The summed E-state index contributed by atoms with van der Waals surface area (Å²) in [5, 5.41) is 9.93. The number of ether oxygens (including phenoxy) is 1. The summed E-state index contributed by atoms with van der Waals surface area (Å²) in [5.74, 6) is -1.09. The average molecular weight is 320 g/mol. The van der Waals surface area contributed by atoms with Crippen molar-refractivity contribution in [2.75, 3.05) is 0 Å². The molecule has 1 N–H and O–H groups in total. The maximum Gasteiger partial charge on any atom is 0.160 e. The minimum atomic E-state index is -1.09. The van der Waals surface area contributed by atoms with Crippen LogP contribution in [0.5, 0.6) is 0 Å². The van der Waals surface area contributed by atoms with E-state index < -0.39 is 5.79 Å². The fourth-order valence-electron chi connectivity index (χ4n) is 2.74. The SMILES string of the molecule is CCCCCCC[C@H](CCc1ccc(C=O)cc1)OC(C)(C)O. The smallest absolute Gasteiger partial charge is 0.160 e. The summed E-state index contributed by atoms with van der Waals surface area (Å²) in [6.07, 6.45) is 9.90. The zero-order valence-electron chi connectivity index (χ0n) is 14.9. The van der Waals surface area contributed by atoms with E-state index in [9.17, 15) is 9.90 Å². The summed E-state index contributed by atoms with van der Waals surface area (Å²) in [4.78, 5) is 10.7. The van der Waals surface area contributed by atoms with Crippen molar-refractivity contribution in [2.24, 2.45) is 0 Å². The monoisotopic (exact) mass is 320 g/mol. The Morgan fingerprint density at radius 1 is 1.09 bits per heavy atom. The first-order chi connectivity index (χ1) is 10.9. The van der Waals surface area contributed by atoms with Crippen molar-refractivity contribution in [3.05, 3.63) is 35.4 Å². The molecule has 0 saturated carbocycles. The molecule has 130 valence electrons. The van der Waals surface area contributed by atoms with Crippen molar-refractivity contribution in [1.29, 1.82) is 0 Å². The summed E-state index contributed by atoms with van der Waals surface area (Å²) >= 11 is 0. The summed E-state index contributed by atoms with van der Waals surface area (Å²) < 4.78 is 5.81. The minimum absolute atomic E-state index is 0.0716. The normalized spacial score (nSPS) is 13.0. The van der Waals surface area contributed by atoms with Crippen LogP contribution >= 0.6 is 0 Å². The summed E-state index contributed by atoms with van der Waals surface area (Å²) in [6, 6.07) is 7.68. The second kappa shape index (κ2) is 10.6. The number of benzene rings is 1. The number of carbonyl (C=O) groups is 1. The number of carbonyl (C=O) groups excluding carboxylic acids is 1. The van der Waals surface area contributed by atoms with Crippen LogP contribution in [0.25, 0.3) is 0 Å². The lowest BCUT2D eigenvalue weighted by Crippen LogP contribution is -2.30. The molecule has 0 aliphatic heterocycles. The second-order valence-corrected chi connectivity index (χ2v) is 6.79. The van der Waals surface area contributed by atoms with E-state index in [2.05, 4.69) is 6.92 Å². The van der Waals surface area contributed by atoms with E-state index in [1.165, 1.54) is 31.2 Å². The third kappa shape index (κ3) is 9.52. The van der Waals surface area contributed by atoms with Crippen LogP contribution < -0.4 is 0 Å². The highest BCUT2D eigenvalue weighted by Crippen LogP contribution is 2.19. The first kappa shape index (κ1) is 19.9. The molecule has 0 amide bonds. The molecule has 0 heterocycles. The molecule has 1 rings (SSSR count). The van der Waals surface area contributed by atoms with Gasteiger partial charge in [-0.15, -0.1) is 0 Å². The molecular formula is C20H32O3. The van der Waals surface area contributed by atoms with Gasteiger partial charge in [0, 0.05) is 5.56 Å². The largest absolute Gasteiger partial charge is 0.366 e. The Hall–Kier alpha value is -1.19. The van der Waals surface area contributed by atoms with Gasteiger partial charge in [-0.25, -0.2) is 0 Å². The summed E-state index contributed by atoms with van der Waals surface area (Å²) in [5.41, 5.74) is 1.90. The Morgan fingerprint density at radius 3 is 2.30 bits per heavy atom. The molecule has 0 spiro atoms. The number of aldehydes is 1. The quantitative estimate of drug-likeness (QED) is 0.338. The maximum atomic E-state index is 10.7. The van der Waals surface area contributed by atoms with E-state index in [4.69, 9.17) is 4.74 Å². The highest BCUT2D eigenvalue weighted by Gasteiger charge is 2.20. The number of aliphatic hydroxyl groups is 1. The Bertz CT molecular complexity index is 431. The lowest BCUT2D eigenvalue weighted by atomic mass is 10.0. The van der Waals surface area contributed by atoms with Crippen LogP contribution in [-0.4, -0.2) is 23.3 Å². The van der Waals surface area contributed by atoms with Crippen LogP contribution in [0.1, 0.15) is 81.6 Å². The van der Waals surface area contributed by atoms with E-state index in [0.29, 0.717) is 5.56 Å². The van der Waals surface area contributed by atoms with Gasteiger partial charge < -0.3 is 9.84 Å². The van der Waals surface area contributed by atoms with Gasteiger partial charge in [0.05, 0.1) is 6.10 Å². The molecule has 0 fully saturated rings. The van der Waals surface area contributed by atoms with Crippen LogP contribution in [0.4, 0.5) is 0 Å². The maximum absolute atomic E-state index is 10.7. The van der Waals surface area contributed by atoms with Crippen LogP contribution in [-0.2, 0) is 11.2 Å². The third-order valence-corrected chi connectivity index (χ3v) is 3.96. The van der Waals surface area contributed by atoms with E-state index in [-0.39, 0.29) is 6.10 Å². The van der Waals surface area contributed by atoms with Crippen molar-refractivity contribution in [2.45, 2.75) is 84.0 Å². The van der Waals surface area contributed by atoms with Crippen LogP contribution in [0.2, 0.25) is 0 Å². The zero-order valence-corrected chi connectivity index (χ0v) is 14.9. The number of hydrogen-bond donors (Lipinski definition) is 1. The van der Waals surface area contributed by atoms with Crippen LogP contribution in [0, 0.1) is 0 Å². The van der Waals surface area contributed by atoms with Gasteiger partial charge in [-0.3, -0.25) is 4.79 Å². The number of aryl methyl sites for hydroxylation is 1. The predicted molar refractivity (Wildman–Crippen MR) is 94.7 cm³/mol. The third-order valence-electron chi connectivity index (χ3n) is 3.96. The van der Waals surface area contributed by atoms with E-state index in [0.717, 1.165) is 32.0 Å². The molecule has 0 radical (unpaired) electrons. The summed E-state index contributed by atoms with van der Waals surface area (Å²) in [7, 11) is 0. The number of hydrogen-bond acceptors (Lipinski definition) is 3. The van der Waals surface area contributed by atoms with Crippen molar-refractivity contribution in [3.8, 4) is 0 Å². The number of rotatable bonds is 12. The Morgan fingerprint density at radius 2 is 1.74 bits per heavy atom. The lowest BCUT2D eigenvalue weighted by Gasteiger charge is -2.26. The average Bonchev–Trinajstić information content (AvgIpc) is 2.51. The van der Waals surface area contributed by atoms with Gasteiger partial charge >= 0.3 is 0 Å². The molecule has 3 nitrogen and oxygen atoms in total. The first-order valence-corrected chi connectivity index (χ1v) is 8.89. The van der Waals surface area contributed by atoms with Gasteiger partial charge in [0.2, 0.25) is 0 Å². The standard InChI is InChI=1S/C20H32O3/c1-4-5-6-7-8-9-19(23-20(2,3)22)15-14-17-10-12-18(16-21)13-11-17/h10-13,16,19,22H,4-9,14-15H2,1-3H3/t19-/m1/s1. The Balaban J connectivity index is 2.45. The highest BCUT2D eigenvalue weighted by molar-refractivity contribution is 5.74. The van der Waals surface area contributed by atoms with Gasteiger partial charge in [-0.2, -0.15) is 0 Å². The van der Waals surface area contributed by atoms with Crippen molar-refractivity contribution in [1.82, 2.24) is 0 Å². The molecule has 3 heteroatoms. The number of unbranched alkanes of at least 4 members (excludes halogenated alkanes) is 4. The van der Waals surface area contributed by atoms with Gasteiger partial charge in [0.1, 0.15) is 6.29 Å². The molecule has 1 aromatic rings. The Labute approximate surface area is 141 Å². The minimum Gasteiger partial charge on any atom is -0.366 e. The first-order valence-electron chi connectivity index (χ1n) is 8.89. The molecule has 1 aromatic carbocycles. The van der Waals surface area contributed by atoms with Gasteiger partial charge in [-0.05, 0) is 38.7 Å². The van der Waals surface area contributed by atoms with Gasteiger partial charge in [0.15, 0.2) is 5.79 Å². The van der Waals surface area contributed by atoms with E-state index >= 15 is 0 Å². The second-order valence-electron chi connectivity index (χ2n) is 6.79. The van der Waals surface area contributed by atoms with Gasteiger partial charge in [-0.1, -0.05) is 63.3 Å². The molecule has 0 unspecified atom stereocenters. The highest BCUT2D eigenvalue weighted by atomic mass is 16.6. The van der Waals surface area contributed by atoms with Crippen molar-refractivity contribution < 1.29 is 14.6 Å². The summed E-state index contributed by atoms with van der Waals surface area (Å²) in [6.45, 7) is 5.60. The van der Waals surface area contributed by atoms with Crippen molar-refractivity contribution in [3.63, 3.8) is 0 Å². The van der Waals surface area contributed by atoms with E-state index in [1.54, 1.807) is 13.8 Å². The lowest BCUT2D eigenvalue weighted by molar-refractivity contribution is -0.208. The Kier molecular flexibility index (Phi) is 9.12. The van der Waals surface area contributed by atoms with E-state index in [1.807, 2.05) is 24.3 Å². The molecule has 0 bridgehead atoms. The molecule has 0 aliphatic carbocycles. The molecule has 0 aliphatic rings. The topological polar surface area (TPSA) is 46.5 Å². The van der Waals surface area contributed by atoms with Gasteiger partial charge in [0.25, 0.3) is 0 Å². The fourth-order valence-corrected chi connectivity index (χ4v) is 2.74. The molecular weight excluding hydrogens is 288 g/mol. The molecule has 1 atom stereocenters. The predicted octanol–water partition coefficient (Wildman–Crippen LogP) is 4.91. The van der Waals surface area contributed by atoms with Crippen LogP contribution in [0.3, 0.4) is 0 Å². The fraction of sp³-hybridized carbons (Fsp3) is 0.650. The zero-order chi connectivity index (χ0) is 17.1. The van der Waals surface area contributed by atoms with Crippen LogP contribution in [0.15, 0.2) is 24.3 Å². The molecule has 23 heavy (non-hydrogen) atoms. The van der Waals surface area contributed by atoms with Crippen molar-refractivity contribution >= 4 is 6.29 Å². The molecule has 0 saturated heterocycles. The molecule has 0 aromatic heterocycles.